The van der Waals surface area contributed by atoms with Crippen LogP contribution in [-0.2, 0) is 35.6 Å². The van der Waals surface area contributed by atoms with Crippen molar-refractivity contribution in [3.8, 4) is 17.0 Å². The van der Waals surface area contributed by atoms with E-state index < -0.39 is 0 Å². The Balaban J connectivity index is 1.46. The lowest BCUT2D eigenvalue weighted by Crippen LogP contribution is -2.12. The summed E-state index contributed by atoms with van der Waals surface area (Å²) in [7, 11) is 1.48. The second-order valence-corrected chi connectivity index (χ2v) is 7.37. The van der Waals surface area contributed by atoms with E-state index in [1.54, 1.807) is 17.1 Å². The van der Waals surface area contributed by atoms with Crippen LogP contribution in [0.4, 0.5) is 4.39 Å². The van der Waals surface area contributed by atoms with E-state index in [1.807, 2.05) is 31.2 Å². The Labute approximate surface area is 185 Å². The summed E-state index contributed by atoms with van der Waals surface area (Å²) in [4.78, 5) is 16.9. The molecule has 2 heterocycles. The summed E-state index contributed by atoms with van der Waals surface area (Å²) >= 11 is 0. The molecule has 0 saturated heterocycles. The molecule has 2 aromatic heterocycles. The van der Waals surface area contributed by atoms with Gasteiger partial charge in [-0.15, -0.1) is 0 Å². The minimum atomic E-state index is -0.385. The number of nitrogens with zero attached hydrogens (tertiary/aromatic N) is 4. The number of hydrogen-bond acceptors (Lipinski definition) is 5. The zero-order chi connectivity index (χ0) is 22.7. The van der Waals surface area contributed by atoms with Crippen LogP contribution in [0.1, 0.15) is 25.1 Å². The Bertz CT molecular complexity index is 1260. The maximum atomic E-state index is 13.5. The smallest absolute Gasteiger partial charge is 0.312 e. The Kier molecular flexibility index (Phi) is 6.20. The first-order valence-electron chi connectivity index (χ1n) is 10.5. The number of rotatable bonds is 8. The largest absolute Gasteiger partial charge is 0.496 e. The highest BCUT2D eigenvalue weighted by Crippen LogP contribution is 2.30. The number of carbonyl (C=O) groups excluding carboxylic acids is 1. The number of methoxy groups -OCH3 is 1. The fourth-order valence-electron chi connectivity index (χ4n) is 3.69. The van der Waals surface area contributed by atoms with E-state index in [0.717, 1.165) is 28.8 Å². The number of fused-ring (bicyclic) bond motifs is 1. The molecule has 2 aromatic carbocycles. The van der Waals surface area contributed by atoms with Gasteiger partial charge in [0.05, 0.1) is 42.3 Å². The van der Waals surface area contributed by atoms with E-state index in [-0.39, 0.29) is 24.8 Å². The van der Waals surface area contributed by atoms with E-state index >= 15 is 0 Å². The summed E-state index contributed by atoms with van der Waals surface area (Å²) in [6, 6.07) is 12.0. The predicted octanol–water partition coefficient (Wildman–Crippen LogP) is 4.37. The minimum absolute atomic E-state index is 0.0804. The predicted molar refractivity (Wildman–Crippen MR) is 119 cm³/mol. The molecule has 0 saturated carbocycles. The van der Waals surface area contributed by atoms with Crippen molar-refractivity contribution < 1.29 is 18.7 Å². The summed E-state index contributed by atoms with van der Waals surface area (Å²) in [5.41, 5.74) is 4.81. The molecular formula is C24H25FN4O3. The molecule has 4 aromatic rings. The number of aryl methyl sites for hydroxylation is 2. The molecule has 0 aliphatic heterocycles. The van der Waals surface area contributed by atoms with Gasteiger partial charge in [-0.1, -0.05) is 6.07 Å². The third-order valence-corrected chi connectivity index (χ3v) is 5.35. The molecule has 0 aliphatic carbocycles. The third-order valence-electron chi connectivity index (χ3n) is 5.35. The first-order chi connectivity index (χ1) is 15.5. The first kappa shape index (κ1) is 21.5. The third kappa shape index (κ3) is 4.34. The standard InChI is InChI=1S/C24H25FN4O3/c1-4-28-15-26-21-10-16(6-9-22(21)28)14-32-24(30)13-18-12-20(27-29(18)5-2)19-8-7-17(25)11-23(19)31-3/h6-12,15H,4-5,13-14H2,1-3H3. The molecule has 0 atom stereocenters. The monoisotopic (exact) mass is 436 g/mol. The minimum Gasteiger partial charge on any atom is -0.496 e. The Morgan fingerprint density at radius 3 is 2.69 bits per heavy atom. The Morgan fingerprint density at radius 2 is 1.94 bits per heavy atom. The molecule has 4 rings (SSSR count). The molecule has 0 spiro atoms. The molecule has 7 nitrogen and oxygen atoms in total. The van der Waals surface area contributed by atoms with Gasteiger partial charge in [0.25, 0.3) is 0 Å². The van der Waals surface area contributed by atoms with Crippen LogP contribution in [0, 0.1) is 5.82 Å². The average molecular weight is 436 g/mol. The number of esters is 1. The molecule has 0 amide bonds. The van der Waals surface area contributed by atoms with Gasteiger partial charge >= 0.3 is 5.97 Å². The summed E-state index contributed by atoms with van der Waals surface area (Å²) in [6.07, 6.45) is 1.89. The van der Waals surface area contributed by atoms with E-state index in [2.05, 4.69) is 21.6 Å². The maximum absolute atomic E-state index is 13.5. The Morgan fingerprint density at radius 1 is 1.09 bits per heavy atom. The summed E-state index contributed by atoms with van der Waals surface area (Å²) in [5.74, 6) is -0.346. The number of benzene rings is 2. The van der Waals surface area contributed by atoms with E-state index in [4.69, 9.17) is 9.47 Å². The molecule has 0 unspecified atom stereocenters. The van der Waals surface area contributed by atoms with Crippen LogP contribution in [0.2, 0.25) is 0 Å². The SMILES string of the molecule is CCn1nc(-c2ccc(F)cc2OC)cc1CC(=O)OCc1ccc2c(c1)ncn2CC. The van der Waals surface area contributed by atoms with Crippen molar-refractivity contribution in [3.63, 3.8) is 0 Å². The fraction of sp³-hybridized carbons (Fsp3) is 0.292. The number of halogens is 1. The van der Waals surface area contributed by atoms with Crippen LogP contribution in [0.3, 0.4) is 0 Å². The summed E-state index contributed by atoms with van der Waals surface area (Å²) < 4.78 is 28.1. The second kappa shape index (κ2) is 9.21. The highest BCUT2D eigenvalue weighted by Gasteiger charge is 2.16. The van der Waals surface area contributed by atoms with Crippen LogP contribution in [0.25, 0.3) is 22.3 Å². The number of aromatic nitrogens is 4. The first-order valence-corrected chi connectivity index (χ1v) is 10.5. The van der Waals surface area contributed by atoms with Crippen molar-refractivity contribution in [2.75, 3.05) is 7.11 Å². The van der Waals surface area contributed by atoms with Crippen molar-refractivity contribution in [2.45, 2.75) is 40.0 Å². The highest BCUT2D eigenvalue weighted by atomic mass is 19.1. The zero-order valence-corrected chi connectivity index (χ0v) is 18.3. The van der Waals surface area contributed by atoms with Gasteiger partial charge in [-0.3, -0.25) is 9.48 Å². The maximum Gasteiger partial charge on any atom is 0.312 e. The van der Waals surface area contributed by atoms with Crippen LogP contribution in [0.15, 0.2) is 48.8 Å². The van der Waals surface area contributed by atoms with Crippen molar-refractivity contribution in [1.82, 2.24) is 19.3 Å². The normalized spacial score (nSPS) is 11.1. The number of hydrogen-bond donors (Lipinski definition) is 0. The lowest BCUT2D eigenvalue weighted by Gasteiger charge is -2.07. The lowest BCUT2D eigenvalue weighted by molar-refractivity contribution is -0.144. The van der Waals surface area contributed by atoms with E-state index in [9.17, 15) is 9.18 Å². The molecule has 0 fully saturated rings. The van der Waals surface area contributed by atoms with Crippen molar-refractivity contribution >= 4 is 17.0 Å². The number of ether oxygens (including phenoxy) is 2. The van der Waals surface area contributed by atoms with Crippen LogP contribution in [0.5, 0.6) is 5.75 Å². The summed E-state index contributed by atoms with van der Waals surface area (Å²) in [6.45, 7) is 5.62. The molecule has 0 radical (unpaired) electrons. The Hall–Kier alpha value is -3.68. The number of imidazole rings is 1. The van der Waals surface area contributed by atoms with Crippen molar-refractivity contribution in [3.05, 3.63) is 65.9 Å². The molecule has 0 N–H and O–H groups in total. The molecule has 0 aliphatic rings. The molecule has 166 valence electrons. The average Bonchev–Trinajstić information content (AvgIpc) is 3.40. The van der Waals surface area contributed by atoms with Gasteiger partial charge in [-0.2, -0.15) is 5.10 Å². The van der Waals surface area contributed by atoms with Crippen LogP contribution >= 0.6 is 0 Å². The van der Waals surface area contributed by atoms with E-state index in [0.29, 0.717) is 23.6 Å². The van der Waals surface area contributed by atoms with Gasteiger partial charge in [-0.25, -0.2) is 9.37 Å². The number of carbonyl (C=O) groups is 1. The fourth-order valence-corrected chi connectivity index (χ4v) is 3.69. The van der Waals surface area contributed by atoms with Gasteiger partial charge < -0.3 is 14.0 Å². The van der Waals surface area contributed by atoms with Crippen LogP contribution < -0.4 is 4.74 Å². The van der Waals surface area contributed by atoms with Gasteiger partial charge in [0.2, 0.25) is 0 Å². The van der Waals surface area contributed by atoms with Gasteiger partial charge in [0.1, 0.15) is 18.2 Å². The van der Waals surface area contributed by atoms with E-state index in [1.165, 1.54) is 19.2 Å². The second-order valence-electron chi connectivity index (χ2n) is 7.37. The molecule has 32 heavy (non-hydrogen) atoms. The van der Waals surface area contributed by atoms with Crippen molar-refractivity contribution in [1.29, 1.82) is 0 Å². The highest BCUT2D eigenvalue weighted by molar-refractivity contribution is 5.77. The van der Waals surface area contributed by atoms with Gasteiger partial charge in [0.15, 0.2) is 0 Å². The van der Waals surface area contributed by atoms with Crippen LogP contribution in [-0.4, -0.2) is 32.4 Å². The molecule has 0 bridgehead atoms. The van der Waals surface area contributed by atoms with Gasteiger partial charge in [-0.05, 0) is 49.7 Å². The lowest BCUT2D eigenvalue weighted by atomic mass is 10.1. The van der Waals surface area contributed by atoms with Gasteiger partial charge in [0, 0.05) is 24.7 Å². The van der Waals surface area contributed by atoms with Crippen molar-refractivity contribution in [2.24, 2.45) is 0 Å². The summed E-state index contributed by atoms with van der Waals surface area (Å²) in [5, 5.41) is 4.55. The zero-order valence-electron chi connectivity index (χ0n) is 18.3. The molecular weight excluding hydrogens is 411 g/mol. The topological polar surface area (TPSA) is 71.2 Å². The molecule has 8 heteroatoms. The quantitative estimate of drug-likeness (QED) is 0.384.